The van der Waals surface area contributed by atoms with Crippen LogP contribution in [0.5, 0.6) is 5.75 Å². The van der Waals surface area contributed by atoms with E-state index in [0.717, 1.165) is 17.0 Å². The predicted octanol–water partition coefficient (Wildman–Crippen LogP) is 3.20. The van der Waals surface area contributed by atoms with Gasteiger partial charge in [-0.3, -0.25) is 4.98 Å². The third-order valence-corrected chi connectivity index (χ3v) is 2.34. The van der Waals surface area contributed by atoms with E-state index in [0.29, 0.717) is 11.2 Å². The van der Waals surface area contributed by atoms with E-state index in [1.54, 1.807) is 12.4 Å². The van der Waals surface area contributed by atoms with Gasteiger partial charge in [0.15, 0.2) is 0 Å². The highest BCUT2D eigenvalue weighted by Gasteiger charge is 2.00. The van der Waals surface area contributed by atoms with Gasteiger partial charge in [0.2, 0.25) is 0 Å². The third kappa shape index (κ3) is 2.46. The zero-order chi connectivity index (χ0) is 11.4. The Kier molecular flexibility index (Phi) is 3.31. The molecule has 16 heavy (non-hydrogen) atoms. The van der Waals surface area contributed by atoms with Crippen LogP contribution in [0.1, 0.15) is 6.92 Å². The first-order valence-corrected chi connectivity index (χ1v) is 5.48. The Hall–Kier alpha value is -1.68. The molecule has 0 saturated carbocycles. The number of nitrogens with one attached hydrogen (secondary N) is 1. The van der Waals surface area contributed by atoms with Crippen LogP contribution in [0.15, 0.2) is 36.7 Å². The summed E-state index contributed by atoms with van der Waals surface area (Å²) < 4.78 is 6.10. The Bertz CT molecular complexity index is 536. The normalized spacial score (nSPS) is 10.1. The van der Waals surface area contributed by atoms with Gasteiger partial charge in [0.05, 0.1) is 12.8 Å². The number of hydrogen-bond acceptors (Lipinski definition) is 3. The van der Waals surface area contributed by atoms with E-state index in [-0.39, 0.29) is 0 Å². The zero-order valence-corrected chi connectivity index (χ0v) is 9.75. The topological polar surface area (TPSA) is 37.9 Å². The monoisotopic (exact) mass is 232 g/mol. The van der Waals surface area contributed by atoms with Gasteiger partial charge in [0.25, 0.3) is 0 Å². The molecule has 0 aliphatic carbocycles. The fraction of sp³-hybridized carbons (Fsp3) is 0.167. The fourth-order valence-corrected chi connectivity index (χ4v) is 1.62. The molecule has 0 aliphatic heterocycles. The average Bonchev–Trinajstić information content (AvgIpc) is 2.30. The molecule has 0 amide bonds. The first-order chi connectivity index (χ1) is 7.79. The number of rotatable bonds is 3. The van der Waals surface area contributed by atoms with Crippen LogP contribution >= 0.6 is 12.2 Å². The van der Waals surface area contributed by atoms with E-state index in [1.165, 1.54) is 0 Å². The molecule has 0 saturated heterocycles. The van der Waals surface area contributed by atoms with Crippen molar-refractivity contribution in [2.75, 3.05) is 6.61 Å². The van der Waals surface area contributed by atoms with Crippen molar-refractivity contribution in [2.45, 2.75) is 6.92 Å². The molecule has 2 aromatic rings. The summed E-state index contributed by atoms with van der Waals surface area (Å²) >= 11 is 5.08. The van der Waals surface area contributed by atoms with Crippen LogP contribution in [-0.4, -0.2) is 16.6 Å². The standard InChI is InChI=1S/C12H12N2OS/c1-2-15-10-6-9(7-13-8-10)11-4-3-5-12(16)14-11/h3-8H,2H2,1H3,(H,14,16). The molecule has 0 bridgehead atoms. The summed E-state index contributed by atoms with van der Waals surface area (Å²) in [6.45, 7) is 2.58. The average molecular weight is 232 g/mol. The van der Waals surface area contributed by atoms with E-state index in [1.807, 2.05) is 31.2 Å². The Balaban J connectivity index is 2.40. The second kappa shape index (κ2) is 4.90. The van der Waals surface area contributed by atoms with Crippen LogP contribution in [-0.2, 0) is 0 Å². The van der Waals surface area contributed by atoms with Gasteiger partial charge in [-0.15, -0.1) is 0 Å². The number of pyridine rings is 2. The van der Waals surface area contributed by atoms with Crippen LogP contribution in [0.2, 0.25) is 0 Å². The zero-order valence-electron chi connectivity index (χ0n) is 8.93. The lowest BCUT2D eigenvalue weighted by Crippen LogP contribution is -1.93. The molecular weight excluding hydrogens is 220 g/mol. The van der Waals surface area contributed by atoms with Crippen LogP contribution < -0.4 is 4.74 Å². The molecule has 2 rings (SSSR count). The smallest absolute Gasteiger partial charge is 0.138 e. The van der Waals surface area contributed by atoms with Gasteiger partial charge in [-0.25, -0.2) is 0 Å². The first-order valence-electron chi connectivity index (χ1n) is 5.07. The fourth-order valence-electron chi connectivity index (χ4n) is 1.43. The highest BCUT2D eigenvalue weighted by molar-refractivity contribution is 7.71. The summed E-state index contributed by atoms with van der Waals surface area (Å²) in [5, 5.41) is 0. The largest absolute Gasteiger partial charge is 0.492 e. The molecule has 0 fully saturated rings. The maximum atomic E-state index is 5.40. The van der Waals surface area contributed by atoms with Gasteiger partial charge >= 0.3 is 0 Å². The summed E-state index contributed by atoms with van der Waals surface area (Å²) in [7, 11) is 0. The summed E-state index contributed by atoms with van der Waals surface area (Å²) in [5.74, 6) is 0.767. The number of H-pyrrole nitrogens is 1. The maximum Gasteiger partial charge on any atom is 0.138 e. The minimum Gasteiger partial charge on any atom is -0.492 e. The highest BCUT2D eigenvalue weighted by atomic mass is 32.1. The van der Waals surface area contributed by atoms with Gasteiger partial charge in [-0.05, 0) is 25.1 Å². The molecular formula is C12H12N2OS. The van der Waals surface area contributed by atoms with E-state index >= 15 is 0 Å². The first kappa shape index (κ1) is 10.8. The number of nitrogens with zero attached hydrogens (tertiary/aromatic N) is 1. The Morgan fingerprint density at radius 2 is 2.25 bits per heavy atom. The minimum absolute atomic E-state index is 0.635. The van der Waals surface area contributed by atoms with Crippen molar-refractivity contribution in [3.05, 3.63) is 41.3 Å². The molecule has 0 aromatic carbocycles. The second-order valence-electron chi connectivity index (χ2n) is 3.27. The van der Waals surface area contributed by atoms with Crippen molar-refractivity contribution in [2.24, 2.45) is 0 Å². The summed E-state index contributed by atoms with van der Waals surface area (Å²) in [4.78, 5) is 7.24. The Labute approximate surface area is 99.1 Å². The second-order valence-corrected chi connectivity index (χ2v) is 3.71. The number of ether oxygens (including phenoxy) is 1. The van der Waals surface area contributed by atoms with Crippen molar-refractivity contribution in [1.29, 1.82) is 0 Å². The van der Waals surface area contributed by atoms with Gasteiger partial charge in [-0.2, -0.15) is 0 Å². The number of hydrogen-bond donors (Lipinski definition) is 1. The van der Waals surface area contributed by atoms with E-state index < -0.39 is 0 Å². The summed E-state index contributed by atoms with van der Waals surface area (Å²) in [6, 6.07) is 7.67. The molecule has 0 radical (unpaired) electrons. The molecule has 2 heterocycles. The summed E-state index contributed by atoms with van der Waals surface area (Å²) in [5.41, 5.74) is 1.92. The lowest BCUT2D eigenvalue weighted by atomic mass is 10.2. The van der Waals surface area contributed by atoms with Crippen LogP contribution in [0.3, 0.4) is 0 Å². The predicted molar refractivity (Wildman–Crippen MR) is 66.0 cm³/mol. The van der Waals surface area contributed by atoms with Crippen molar-refractivity contribution in [3.63, 3.8) is 0 Å². The molecule has 3 nitrogen and oxygen atoms in total. The molecule has 0 atom stereocenters. The third-order valence-electron chi connectivity index (χ3n) is 2.10. The minimum atomic E-state index is 0.635. The SMILES string of the molecule is CCOc1cncc(-c2cccc(=S)[nH]2)c1. The summed E-state index contributed by atoms with van der Waals surface area (Å²) in [6.07, 6.45) is 3.48. The van der Waals surface area contributed by atoms with E-state index in [9.17, 15) is 0 Å². The highest BCUT2D eigenvalue weighted by Crippen LogP contribution is 2.20. The molecule has 2 aromatic heterocycles. The van der Waals surface area contributed by atoms with Crippen LogP contribution in [0.25, 0.3) is 11.3 Å². The van der Waals surface area contributed by atoms with Crippen LogP contribution in [0, 0.1) is 4.64 Å². The molecule has 0 spiro atoms. The van der Waals surface area contributed by atoms with Crippen molar-refractivity contribution in [1.82, 2.24) is 9.97 Å². The lowest BCUT2D eigenvalue weighted by Gasteiger charge is -2.05. The molecule has 82 valence electrons. The van der Waals surface area contributed by atoms with Crippen LogP contribution in [0.4, 0.5) is 0 Å². The number of aromatic amines is 1. The van der Waals surface area contributed by atoms with Crippen molar-refractivity contribution < 1.29 is 4.74 Å². The van der Waals surface area contributed by atoms with Gasteiger partial charge < -0.3 is 9.72 Å². The van der Waals surface area contributed by atoms with E-state index in [2.05, 4.69) is 9.97 Å². The van der Waals surface area contributed by atoms with Crippen molar-refractivity contribution in [3.8, 4) is 17.0 Å². The van der Waals surface area contributed by atoms with Gasteiger partial charge in [-0.1, -0.05) is 18.3 Å². The Morgan fingerprint density at radius 3 is 3.00 bits per heavy atom. The molecule has 4 heteroatoms. The van der Waals surface area contributed by atoms with E-state index in [4.69, 9.17) is 17.0 Å². The Morgan fingerprint density at radius 1 is 1.38 bits per heavy atom. The van der Waals surface area contributed by atoms with Crippen molar-refractivity contribution >= 4 is 12.2 Å². The lowest BCUT2D eigenvalue weighted by molar-refractivity contribution is 0.339. The maximum absolute atomic E-state index is 5.40. The molecule has 0 unspecified atom stereocenters. The molecule has 1 N–H and O–H groups in total. The number of aromatic nitrogens is 2. The van der Waals surface area contributed by atoms with Gasteiger partial charge in [0.1, 0.15) is 10.4 Å². The quantitative estimate of drug-likeness (QED) is 0.826. The van der Waals surface area contributed by atoms with Gasteiger partial charge in [0, 0.05) is 17.5 Å². The molecule has 0 aliphatic rings.